The molecule has 0 saturated carbocycles. The molecule has 2 saturated heterocycles. The zero-order chi connectivity index (χ0) is 14.8. The summed E-state index contributed by atoms with van der Waals surface area (Å²) in [5.41, 5.74) is -0.638. The molecule has 0 aliphatic carbocycles. The fourth-order valence-electron chi connectivity index (χ4n) is 3.14. The average Bonchev–Trinajstić information content (AvgIpc) is 2.63. The molecule has 2 aliphatic rings. The number of nitrogens with one attached hydrogen (secondary N) is 1. The predicted octanol–water partition coefficient (Wildman–Crippen LogP) is -0.473. The highest BCUT2D eigenvalue weighted by Crippen LogP contribution is 2.23. The average molecular weight is 304 g/mol. The van der Waals surface area contributed by atoms with E-state index in [-0.39, 0.29) is 36.6 Å². The fourth-order valence-corrected chi connectivity index (χ4v) is 5.24. The summed E-state index contributed by atoms with van der Waals surface area (Å²) in [4.78, 5) is 14.1. The van der Waals surface area contributed by atoms with Gasteiger partial charge in [0.2, 0.25) is 5.91 Å². The Balaban J connectivity index is 1.89. The van der Waals surface area contributed by atoms with Gasteiger partial charge in [-0.3, -0.25) is 9.69 Å². The summed E-state index contributed by atoms with van der Waals surface area (Å²) < 4.78 is 23.0. The van der Waals surface area contributed by atoms with Crippen molar-refractivity contribution >= 4 is 15.7 Å². The van der Waals surface area contributed by atoms with Gasteiger partial charge >= 0.3 is 0 Å². The van der Waals surface area contributed by atoms with Crippen LogP contribution < -0.4 is 5.32 Å². The second-order valence-electron chi connectivity index (χ2n) is 6.25. The number of sulfone groups is 1. The van der Waals surface area contributed by atoms with Crippen LogP contribution in [0.5, 0.6) is 0 Å². The van der Waals surface area contributed by atoms with Crippen molar-refractivity contribution in [2.24, 2.45) is 0 Å². The van der Waals surface area contributed by atoms with E-state index >= 15 is 0 Å². The third kappa shape index (κ3) is 3.93. The van der Waals surface area contributed by atoms with Gasteiger partial charge in [0, 0.05) is 6.04 Å². The lowest BCUT2D eigenvalue weighted by Crippen LogP contribution is -2.53. The molecule has 6 nitrogen and oxygen atoms in total. The van der Waals surface area contributed by atoms with Crippen molar-refractivity contribution < 1.29 is 18.3 Å². The van der Waals surface area contributed by atoms with Gasteiger partial charge in [0.1, 0.15) is 0 Å². The van der Waals surface area contributed by atoms with Crippen molar-refractivity contribution in [3.05, 3.63) is 0 Å². The highest BCUT2D eigenvalue weighted by Gasteiger charge is 2.39. The number of piperidine rings is 1. The van der Waals surface area contributed by atoms with E-state index in [2.05, 4.69) is 5.32 Å². The molecule has 0 aromatic heterocycles. The summed E-state index contributed by atoms with van der Waals surface area (Å²) in [5.74, 6) is 0.0204. The van der Waals surface area contributed by atoms with Crippen LogP contribution in [0.25, 0.3) is 0 Å². The number of likely N-dealkylation sites (tertiary alicyclic amines) is 1. The number of nitrogens with zero attached hydrogens (tertiary/aromatic N) is 1. The SMILES string of the molecule is CC1(NC(=O)CN2CCCCC2CO)CCS(=O)(=O)C1. The number of carbonyl (C=O) groups excluding carboxylic acids is 1. The summed E-state index contributed by atoms with van der Waals surface area (Å²) >= 11 is 0. The van der Waals surface area contributed by atoms with Crippen LogP contribution in [0.2, 0.25) is 0 Å². The maximum absolute atomic E-state index is 12.1. The summed E-state index contributed by atoms with van der Waals surface area (Å²) in [5, 5.41) is 12.2. The number of aliphatic hydroxyl groups is 1. The monoisotopic (exact) mass is 304 g/mol. The standard InChI is InChI=1S/C13H24N2O4S/c1-13(5-7-20(18,19)10-13)14-12(17)8-15-6-3-2-4-11(15)9-16/h11,16H,2-10H2,1H3,(H,14,17). The molecule has 2 aliphatic heterocycles. The normalized spacial score (nSPS) is 34.0. The molecule has 2 rings (SSSR count). The Bertz CT molecular complexity index is 465. The number of amides is 1. The highest BCUT2D eigenvalue weighted by atomic mass is 32.2. The summed E-state index contributed by atoms with van der Waals surface area (Å²) in [6.07, 6.45) is 3.51. The van der Waals surface area contributed by atoms with E-state index in [1.165, 1.54) is 0 Å². The molecule has 7 heteroatoms. The lowest BCUT2D eigenvalue weighted by molar-refractivity contribution is -0.124. The van der Waals surface area contributed by atoms with Crippen LogP contribution in [0.3, 0.4) is 0 Å². The molecule has 2 N–H and O–H groups in total. The number of hydrogen-bond donors (Lipinski definition) is 2. The van der Waals surface area contributed by atoms with Crippen LogP contribution in [-0.2, 0) is 14.6 Å². The van der Waals surface area contributed by atoms with E-state index in [1.54, 1.807) is 6.92 Å². The minimum Gasteiger partial charge on any atom is -0.395 e. The van der Waals surface area contributed by atoms with Crippen LogP contribution in [-0.4, -0.2) is 67.1 Å². The van der Waals surface area contributed by atoms with Crippen molar-refractivity contribution in [2.45, 2.75) is 44.2 Å². The Morgan fingerprint density at radius 3 is 2.80 bits per heavy atom. The van der Waals surface area contributed by atoms with Gasteiger partial charge < -0.3 is 10.4 Å². The van der Waals surface area contributed by atoms with Gasteiger partial charge in [-0.2, -0.15) is 0 Å². The molecule has 0 radical (unpaired) electrons. The molecule has 2 unspecified atom stereocenters. The number of rotatable bonds is 4. The van der Waals surface area contributed by atoms with Crippen molar-refractivity contribution in [1.29, 1.82) is 0 Å². The molecular weight excluding hydrogens is 280 g/mol. The molecule has 20 heavy (non-hydrogen) atoms. The van der Waals surface area contributed by atoms with Crippen molar-refractivity contribution in [2.75, 3.05) is 31.2 Å². The molecule has 2 heterocycles. The Hall–Kier alpha value is -0.660. The van der Waals surface area contributed by atoms with Gasteiger partial charge in [-0.1, -0.05) is 6.42 Å². The Kier molecular flexibility index (Phi) is 4.71. The smallest absolute Gasteiger partial charge is 0.234 e. The van der Waals surface area contributed by atoms with Gasteiger partial charge in [0.25, 0.3) is 0 Å². The quantitative estimate of drug-likeness (QED) is 0.733. The van der Waals surface area contributed by atoms with Gasteiger partial charge in [-0.05, 0) is 32.7 Å². The number of carbonyl (C=O) groups is 1. The van der Waals surface area contributed by atoms with Crippen LogP contribution in [0.4, 0.5) is 0 Å². The molecule has 0 aromatic carbocycles. The largest absolute Gasteiger partial charge is 0.395 e. The van der Waals surface area contributed by atoms with Crippen molar-refractivity contribution in [1.82, 2.24) is 10.2 Å². The third-order valence-corrected chi connectivity index (χ3v) is 6.15. The molecule has 116 valence electrons. The molecule has 0 spiro atoms. The molecule has 0 aromatic rings. The first-order chi connectivity index (χ1) is 9.34. The molecule has 1 amide bonds. The molecule has 2 fully saturated rings. The maximum Gasteiger partial charge on any atom is 0.234 e. The zero-order valence-electron chi connectivity index (χ0n) is 12.0. The Morgan fingerprint density at radius 1 is 1.45 bits per heavy atom. The van der Waals surface area contributed by atoms with E-state index in [9.17, 15) is 18.3 Å². The van der Waals surface area contributed by atoms with Crippen LogP contribution >= 0.6 is 0 Å². The fraction of sp³-hybridized carbons (Fsp3) is 0.923. The van der Waals surface area contributed by atoms with Crippen LogP contribution in [0, 0.1) is 0 Å². The van der Waals surface area contributed by atoms with E-state index < -0.39 is 15.4 Å². The minimum atomic E-state index is -3.02. The van der Waals surface area contributed by atoms with Gasteiger partial charge in [0.15, 0.2) is 9.84 Å². The minimum absolute atomic E-state index is 0.0230. The van der Waals surface area contributed by atoms with E-state index in [0.717, 1.165) is 25.8 Å². The lowest BCUT2D eigenvalue weighted by atomic mass is 10.0. The van der Waals surface area contributed by atoms with E-state index in [1.807, 2.05) is 4.90 Å². The Morgan fingerprint density at radius 2 is 2.20 bits per heavy atom. The first kappa shape index (κ1) is 15.7. The second kappa shape index (κ2) is 5.99. The van der Waals surface area contributed by atoms with Gasteiger partial charge in [-0.15, -0.1) is 0 Å². The van der Waals surface area contributed by atoms with Gasteiger partial charge in [0.05, 0.1) is 30.2 Å². The second-order valence-corrected chi connectivity index (χ2v) is 8.44. The molecule has 2 atom stereocenters. The predicted molar refractivity (Wildman–Crippen MR) is 76.1 cm³/mol. The van der Waals surface area contributed by atoms with Crippen LogP contribution in [0.15, 0.2) is 0 Å². The van der Waals surface area contributed by atoms with Gasteiger partial charge in [-0.25, -0.2) is 8.42 Å². The zero-order valence-corrected chi connectivity index (χ0v) is 12.8. The third-order valence-electron chi connectivity index (χ3n) is 4.25. The molecular formula is C13H24N2O4S. The van der Waals surface area contributed by atoms with E-state index in [4.69, 9.17) is 0 Å². The van der Waals surface area contributed by atoms with Crippen LogP contribution in [0.1, 0.15) is 32.6 Å². The number of aliphatic hydroxyl groups excluding tert-OH is 1. The lowest BCUT2D eigenvalue weighted by Gasteiger charge is -2.35. The first-order valence-corrected chi connectivity index (χ1v) is 9.02. The highest BCUT2D eigenvalue weighted by molar-refractivity contribution is 7.91. The first-order valence-electron chi connectivity index (χ1n) is 7.20. The topological polar surface area (TPSA) is 86.7 Å². The number of hydrogen-bond acceptors (Lipinski definition) is 5. The van der Waals surface area contributed by atoms with Crippen molar-refractivity contribution in [3.8, 4) is 0 Å². The van der Waals surface area contributed by atoms with Crippen molar-refractivity contribution in [3.63, 3.8) is 0 Å². The summed E-state index contributed by atoms with van der Waals surface area (Å²) in [6, 6.07) is 0.0506. The summed E-state index contributed by atoms with van der Waals surface area (Å²) in [6.45, 7) is 2.91. The Labute approximate surface area is 120 Å². The summed E-state index contributed by atoms with van der Waals surface area (Å²) in [7, 11) is -3.02. The van der Waals surface area contributed by atoms with E-state index in [0.29, 0.717) is 6.42 Å². The molecule has 0 bridgehead atoms. The maximum atomic E-state index is 12.1.